The Morgan fingerprint density at radius 2 is 2.11 bits per heavy atom. The monoisotopic (exact) mass is 255 g/mol. The number of nitrogens with zero attached hydrogens (tertiary/aromatic N) is 1. The molecule has 3 aromatic rings. The van der Waals surface area contributed by atoms with E-state index in [-0.39, 0.29) is 5.56 Å². The van der Waals surface area contributed by atoms with E-state index in [1.54, 1.807) is 0 Å². The molecule has 96 valence electrons. The van der Waals surface area contributed by atoms with Crippen LogP contribution in [0.1, 0.15) is 21.6 Å². The Balaban J connectivity index is 2.37. The van der Waals surface area contributed by atoms with Crippen molar-refractivity contribution in [3.8, 4) is 11.3 Å². The highest BCUT2D eigenvalue weighted by Gasteiger charge is 2.19. The Labute approximate surface area is 109 Å². The van der Waals surface area contributed by atoms with E-state index in [0.29, 0.717) is 5.69 Å². The lowest BCUT2D eigenvalue weighted by Gasteiger charge is -2.00. The standard InChI is InChI=1S/C14H13N3O2/c1-7-4-3-5-9-11(8(2)16-12(7)9)13-10(14(18)19)6-15-17-13/h3-6,16H,1-2H3,(H,15,17)(H,18,19). The molecule has 19 heavy (non-hydrogen) atoms. The van der Waals surface area contributed by atoms with Gasteiger partial charge in [-0.25, -0.2) is 4.79 Å². The average Bonchev–Trinajstić information content (AvgIpc) is 2.93. The summed E-state index contributed by atoms with van der Waals surface area (Å²) in [5.74, 6) is -0.981. The molecule has 0 spiro atoms. The van der Waals surface area contributed by atoms with Crippen molar-refractivity contribution in [2.45, 2.75) is 13.8 Å². The summed E-state index contributed by atoms with van der Waals surface area (Å²) in [6.45, 7) is 3.95. The van der Waals surface area contributed by atoms with Crippen molar-refractivity contribution >= 4 is 16.9 Å². The van der Waals surface area contributed by atoms with E-state index in [0.717, 1.165) is 27.7 Å². The van der Waals surface area contributed by atoms with Crippen LogP contribution in [0.2, 0.25) is 0 Å². The van der Waals surface area contributed by atoms with E-state index in [9.17, 15) is 9.90 Å². The van der Waals surface area contributed by atoms with Crippen molar-refractivity contribution in [3.63, 3.8) is 0 Å². The number of carboxylic acids is 1. The first-order chi connectivity index (χ1) is 9.09. The number of carbonyl (C=O) groups is 1. The number of aromatic nitrogens is 3. The van der Waals surface area contributed by atoms with Crippen molar-refractivity contribution in [1.29, 1.82) is 0 Å². The summed E-state index contributed by atoms with van der Waals surface area (Å²) in [6, 6.07) is 5.96. The number of H-pyrrole nitrogens is 2. The predicted molar refractivity (Wildman–Crippen MR) is 72.3 cm³/mol. The lowest BCUT2D eigenvalue weighted by atomic mass is 10.0. The first-order valence-corrected chi connectivity index (χ1v) is 5.94. The molecule has 0 aliphatic heterocycles. The smallest absolute Gasteiger partial charge is 0.339 e. The summed E-state index contributed by atoms with van der Waals surface area (Å²) >= 11 is 0. The van der Waals surface area contributed by atoms with Gasteiger partial charge in [-0.1, -0.05) is 18.2 Å². The van der Waals surface area contributed by atoms with Gasteiger partial charge in [-0.2, -0.15) is 5.10 Å². The third-order valence-electron chi connectivity index (χ3n) is 3.35. The summed E-state index contributed by atoms with van der Waals surface area (Å²) in [4.78, 5) is 14.5. The van der Waals surface area contributed by atoms with Crippen LogP contribution in [-0.2, 0) is 0 Å². The minimum atomic E-state index is -0.981. The number of hydrogen-bond donors (Lipinski definition) is 3. The highest BCUT2D eigenvalue weighted by molar-refractivity contribution is 6.03. The quantitative estimate of drug-likeness (QED) is 0.658. The predicted octanol–water partition coefficient (Wildman–Crippen LogP) is 2.87. The van der Waals surface area contributed by atoms with E-state index in [2.05, 4.69) is 15.2 Å². The second kappa shape index (κ2) is 3.98. The number of para-hydroxylation sites is 1. The molecule has 0 aliphatic rings. The van der Waals surface area contributed by atoms with Crippen molar-refractivity contribution in [3.05, 3.63) is 41.2 Å². The number of fused-ring (bicyclic) bond motifs is 1. The number of aryl methyl sites for hydroxylation is 2. The minimum Gasteiger partial charge on any atom is -0.478 e. The van der Waals surface area contributed by atoms with Gasteiger partial charge in [0, 0.05) is 22.2 Å². The van der Waals surface area contributed by atoms with Crippen LogP contribution < -0.4 is 0 Å². The highest BCUT2D eigenvalue weighted by Crippen LogP contribution is 2.33. The Morgan fingerprint density at radius 1 is 1.32 bits per heavy atom. The third kappa shape index (κ3) is 1.62. The first kappa shape index (κ1) is 11.5. The number of hydrogen-bond acceptors (Lipinski definition) is 2. The van der Waals surface area contributed by atoms with Gasteiger partial charge in [-0.05, 0) is 19.4 Å². The van der Waals surface area contributed by atoms with Crippen molar-refractivity contribution < 1.29 is 9.90 Å². The molecule has 0 saturated carbocycles. The van der Waals surface area contributed by atoms with Crippen LogP contribution in [-0.4, -0.2) is 26.3 Å². The van der Waals surface area contributed by atoms with Crippen LogP contribution >= 0.6 is 0 Å². The van der Waals surface area contributed by atoms with Gasteiger partial charge < -0.3 is 10.1 Å². The fraction of sp³-hybridized carbons (Fsp3) is 0.143. The SMILES string of the molecule is Cc1[nH]c2c(C)cccc2c1-c1[nH]ncc1C(=O)O. The summed E-state index contributed by atoms with van der Waals surface area (Å²) in [5, 5.41) is 16.8. The molecule has 2 heterocycles. The van der Waals surface area contributed by atoms with Crippen molar-refractivity contribution in [1.82, 2.24) is 15.2 Å². The van der Waals surface area contributed by atoms with Gasteiger partial charge >= 0.3 is 5.97 Å². The maximum Gasteiger partial charge on any atom is 0.339 e. The van der Waals surface area contributed by atoms with Crippen LogP contribution in [0.25, 0.3) is 22.2 Å². The first-order valence-electron chi connectivity index (χ1n) is 5.94. The van der Waals surface area contributed by atoms with Gasteiger partial charge in [-0.15, -0.1) is 0 Å². The van der Waals surface area contributed by atoms with E-state index < -0.39 is 5.97 Å². The van der Waals surface area contributed by atoms with E-state index >= 15 is 0 Å². The summed E-state index contributed by atoms with van der Waals surface area (Å²) in [7, 11) is 0. The second-order valence-corrected chi connectivity index (χ2v) is 4.59. The molecule has 0 radical (unpaired) electrons. The number of aromatic amines is 2. The Bertz CT molecular complexity index is 783. The molecular formula is C14H13N3O2. The van der Waals surface area contributed by atoms with E-state index in [4.69, 9.17) is 0 Å². The zero-order valence-electron chi connectivity index (χ0n) is 10.6. The summed E-state index contributed by atoms with van der Waals surface area (Å²) in [6.07, 6.45) is 1.34. The lowest BCUT2D eigenvalue weighted by molar-refractivity contribution is 0.0698. The molecule has 0 atom stereocenters. The largest absolute Gasteiger partial charge is 0.478 e. The Morgan fingerprint density at radius 3 is 2.84 bits per heavy atom. The van der Waals surface area contributed by atoms with Gasteiger partial charge in [-0.3, -0.25) is 5.10 Å². The number of aromatic carboxylic acids is 1. The van der Waals surface area contributed by atoms with Crippen LogP contribution in [0.5, 0.6) is 0 Å². The number of rotatable bonds is 2. The molecule has 3 rings (SSSR count). The summed E-state index contributed by atoms with van der Waals surface area (Å²) in [5.41, 5.74) is 4.68. The number of carboxylic acid groups (broad SMARTS) is 1. The topological polar surface area (TPSA) is 81.8 Å². The molecule has 0 saturated heterocycles. The molecular weight excluding hydrogens is 242 g/mol. The zero-order valence-corrected chi connectivity index (χ0v) is 10.6. The zero-order chi connectivity index (χ0) is 13.6. The maximum absolute atomic E-state index is 11.2. The fourth-order valence-corrected chi connectivity index (χ4v) is 2.46. The molecule has 0 fully saturated rings. The van der Waals surface area contributed by atoms with Crippen LogP contribution in [0.15, 0.2) is 24.4 Å². The molecule has 0 aliphatic carbocycles. The highest BCUT2D eigenvalue weighted by atomic mass is 16.4. The van der Waals surface area contributed by atoms with Crippen LogP contribution in [0, 0.1) is 13.8 Å². The van der Waals surface area contributed by atoms with Crippen LogP contribution in [0.3, 0.4) is 0 Å². The summed E-state index contributed by atoms with van der Waals surface area (Å²) < 4.78 is 0. The van der Waals surface area contributed by atoms with Gasteiger partial charge in [0.05, 0.1) is 11.9 Å². The van der Waals surface area contributed by atoms with Crippen molar-refractivity contribution in [2.24, 2.45) is 0 Å². The van der Waals surface area contributed by atoms with Gasteiger partial charge in [0.15, 0.2) is 0 Å². The second-order valence-electron chi connectivity index (χ2n) is 4.59. The molecule has 0 unspecified atom stereocenters. The number of benzene rings is 1. The fourth-order valence-electron chi connectivity index (χ4n) is 2.46. The van der Waals surface area contributed by atoms with Crippen LogP contribution in [0.4, 0.5) is 0 Å². The average molecular weight is 255 g/mol. The molecule has 2 aromatic heterocycles. The van der Waals surface area contributed by atoms with E-state index in [1.165, 1.54) is 6.20 Å². The number of nitrogens with one attached hydrogen (secondary N) is 2. The van der Waals surface area contributed by atoms with E-state index in [1.807, 2.05) is 32.0 Å². The Kier molecular flexibility index (Phi) is 2.41. The van der Waals surface area contributed by atoms with Gasteiger partial charge in [0.2, 0.25) is 0 Å². The minimum absolute atomic E-state index is 0.186. The Hall–Kier alpha value is -2.56. The van der Waals surface area contributed by atoms with Gasteiger partial charge in [0.25, 0.3) is 0 Å². The normalized spacial score (nSPS) is 11.1. The maximum atomic E-state index is 11.2. The third-order valence-corrected chi connectivity index (χ3v) is 3.35. The molecule has 0 bridgehead atoms. The van der Waals surface area contributed by atoms with Crippen molar-refractivity contribution in [2.75, 3.05) is 0 Å². The molecule has 5 nitrogen and oxygen atoms in total. The molecule has 1 aromatic carbocycles. The molecule has 5 heteroatoms. The van der Waals surface area contributed by atoms with Gasteiger partial charge in [0.1, 0.15) is 5.56 Å². The molecule has 3 N–H and O–H groups in total. The lowest BCUT2D eigenvalue weighted by Crippen LogP contribution is -1.97. The molecule has 0 amide bonds.